The number of pyridine rings is 2. The summed E-state index contributed by atoms with van der Waals surface area (Å²) in [6, 6.07) is 6.05. The van der Waals surface area contributed by atoms with Crippen LogP contribution in [0.15, 0.2) is 73.3 Å². The van der Waals surface area contributed by atoms with E-state index in [1.165, 1.54) is 17.3 Å². The molecule has 4 rings (SSSR count). The van der Waals surface area contributed by atoms with Gasteiger partial charge in [0.05, 0.1) is 17.9 Å². The topological polar surface area (TPSA) is 101 Å². The van der Waals surface area contributed by atoms with Gasteiger partial charge in [0, 0.05) is 55.8 Å². The van der Waals surface area contributed by atoms with Crippen LogP contribution in [-0.4, -0.2) is 47.8 Å². The molecular weight excluding hydrogens is 370 g/mol. The van der Waals surface area contributed by atoms with Gasteiger partial charge in [-0.1, -0.05) is 6.07 Å². The standard InChI is InChI=1S/C21H19N5O3/c27-19(15-4-7-22-8-5-15)17-18(16-3-1-6-23-13-16)26(21(29)20(17)28)11-2-10-25-12-9-24-14-25/h1,3-9,12-14,18,27H,2,10-11H2/b19-17+. The molecule has 1 aliphatic heterocycles. The van der Waals surface area contributed by atoms with Crippen molar-refractivity contribution in [2.24, 2.45) is 0 Å². The fourth-order valence-electron chi connectivity index (χ4n) is 3.50. The number of imidazole rings is 1. The molecule has 8 heteroatoms. The number of aryl methyl sites for hydroxylation is 1. The summed E-state index contributed by atoms with van der Waals surface area (Å²) in [7, 11) is 0. The van der Waals surface area contributed by atoms with E-state index in [0.29, 0.717) is 30.6 Å². The average Bonchev–Trinajstić information content (AvgIpc) is 3.37. The third kappa shape index (κ3) is 3.64. The Bertz CT molecular complexity index is 1030. The SMILES string of the molecule is O=C1C(=O)N(CCCn2ccnc2)C(c2cccnc2)/C1=C(\O)c1ccncc1. The molecule has 146 valence electrons. The summed E-state index contributed by atoms with van der Waals surface area (Å²) in [4.78, 5) is 39.2. The number of hydrogen-bond acceptors (Lipinski definition) is 6. The number of ketones is 1. The van der Waals surface area contributed by atoms with Crippen LogP contribution in [0.4, 0.5) is 0 Å². The van der Waals surface area contributed by atoms with Gasteiger partial charge in [-0.05, 0) is 30.2 Å². The van der Waals surface area contributed by atoms with Gasteiger partial charge in [0.2, 0.25) is 0 Å². The fourth-order valence-corrected chi connectivity index (χ4v) is 3.50. The maximum atomic E-state index is 12.8. The zero-order valence-corrected chi connectivity index (χ0v) is 15.5. The van der Waals surface area contributed by atoms with Gasteiger partial charge in [-0.2, -0.15) is 0 Å². The summed E-state index contributed by atoms with van der Waals surface area (Å²) in [5, 5.41) is 10.9. The smallest absolute Gasteiger partial charge is 0.295 e. The maximum absolute atomic E-state index is 12.8. The summed E-state index contributed by atoms with van der Waals surface area (Å²) in [6.45, 7) is 1.02. The Morgan fingerprint density at radius 1 is 1.00 bits per heavy atom. The third-order valence-electron chi connectivity index (χ3n) is 4.87. The summed E-state index contributed by atoms with van der Waals surface area (Å²) >= 11 is 0. The lowest BCUT2D eigenvalue weighted by Gasteiger charge is -2.25. The van der Waals surface area contributed by atoms with Crippen molar-refractivity contribution in [3.8, 4) is 0 Å². The Kier molecular flexibility index (Phi) is 5.15. The van der Waals surface area contributed by atoms with Crippen LogP contribution >= 0.6 is 0 Å². The number of hydrogen-bond donors (Lipinski definition) is 1. The van der Waals surface area contributed by atoms with Crippen LogP contribution in [0.25, 0.3) is 5.76 Å². The molecule has 1 saturated heterocycles. The number of aromatic nitrogens is 4. The van der Waals surface area contributed by atoms with Gasteiger partial charge in [0.1, 0.15) is 5.76 Å². The first-order valence-corrected chi connectivity index (χ1v) is 9.21. The second-order valence-corrected chi connectivity index (χ2v) is 6.67. The molecule has 1 aliphatic rings. The number of nitrogens with zero attached hydrogens (tertiary/aromatic N) is 5. The van der Waals surface area contributed by atoms with Crippen LogP contribution in [0, 0.1) is 0 Å². The quantitative estimate of drug-likeness (QED) is 0.394. The lowest BCUT2D eigenvalue weighted by atomic mass is 9.96. The minimum Gasteiger partial charge on any atom is -0.507 e. The highest BCUT2D eigenvalue weighted by Crippen LogP contribution is 2.39. The van der Waals surface area contributed by atoms with Gasteiger partial charge < -0.3 is 14.6 Å². The van der Waals surface area contributed by atoms with E-state index >= 15 is 0 Å². The molecule has 4 heterocycles. The fraction of sp³-hybridized carbons (Fsp3) is 0.190. The first-order valence-electron chi connectivity index (χ1n) is 9.21. The van der Waals surface area contributed by atoms with Crippen molar-refractivity contribution in [1.82, 2.24) is 24.4 Å². The number of aliphatic hydroxyl groups is 1. The summed E-state index contributed by atoms with van der Waals surface area (Å²) in [6.07, 6.45) is 12.2. The van der Waals surface area contributed by atoms with Gasteiger partial charge in [-0.15, -0.1) is 0 Å². The molecule has 0 aromatic carbocycles. The number of carbonyl (C=O) groups excluding carboxylic acids is 2. The van der Waals surface area contributed by atoms with Crippen molar-refractivity contribution in [2.75, 3.05) is 6.54 Å². The largest absolute Gasteiger partial charge is 0.507 e. The molecule has 1 atom stereocenters. The van der Waals surface area contributed by atoms with E-state index in [1.54, 1.807) is 49.2 Å². The van der Waals surface area contributed by atoms with Crippen molar-refractivity contribution < 1.29 is 14.7 Å². The van der Waals surface area contributed by atoms with Gasteiger partial charge in [0.25, 0.3) is 11.7 Å². The number of aliphatic hydroxyl groups excluding tert-OH is 1. The zero-order chi connectivity index (χ0) is 20.2. The van der Waals surface area contributed by atoms with E-state index in [-0.39, 0.29) is 11.3 Å². The molecule has 3 aromatic rings. The van der Waals surface area contributed by atoms with Crippen LogP contribution in [0.5, 0.6) is 0 Å². The van der Waals surface area contributed by atoms with Crippen LogP contribution in [-0.2, 0) is 16.1 Å². The van der Waals surface area contributed by atoms with Crippen LogP contribution in [0.3, 0.4) is 0 Å². The predicted octanol–water partition coefficient (Wildman–Crippen LogP) is 2.19. The Morgan fingerprint density at radius 3 is 2.52 bits per heavy atom. The summed E-state index contributed by atoms with van der Waals surface area (Å²) in [5.41, 5.74) is 1.17. The molecule has 0 aliphatic carbocycles. The monoisotopic (exact) mass is 389 g/mol. The zero-order valence-electron chi connectivity index (χ0n) is 15.5. The van der Waals surface area contributed by atoms with Gasteiger partial charge >= 0.3 is 0 Å². The highest BCUT2D eigenvalue weighted by Gasteiger charge is 2.45. The van der Waals surface area contributed by atoms with E-state index in [2.05, 4.69) is 15.0 Å². The first-order chi connectivity index (χ1) is 14.2. The molecule has 8 nitrogen and oxygen atoms in total. The first kappa shape index (κ1) is 18.5. The van der Waals surface area contributed by atoms with Crippen molar-refractivity contribution >= 4 is 17.4 Å². The van der Waals surface area contributed by atoms with Crippen molar-refractivity contribution in [1.29, 1.82) is 0 Å². The molecule has 0 saturated carbocycles. The molecule has 1 fully saturated rings. The molecular formula is C21H19N5O3. The van der Waals surface area contributed by atoms with Crippen molar-refractivity contribution in [3.63, 3.8) is 0 Å². The molecule has 3 aromatic heterocycles. The minimum atomic E-state index is -0.698. The second-order valence-electron chi connectivity index (χ2n) is 6.67. The molecule has 1 amide bonds. The lowest BCUT2D eigenvalue weighted by molar-refractivity contribution is -0.139. The maximum Gasteiger partial charge on any atom is 0.295 e. The summed E-state index contributed by atoms with van der Waals surface area (Å²) < 4.78 is 1.91. The highest BCUT2D eigenvalue weighted by atomic mass is 16.3. The lowest BCUT2D eigenvalue weighted by Crippen LogP contribution is -2.31. The van der Waals surface area contributed by atoms with Crippen LogP contribution in [0.2, 0.25) is 0 Å². The molecule has 1 unspecified atom stereocenters. The van der Waals surface area contributed by atoms with E-state index < -0.39 is 17.7 Å². The number of carbonyl (C=O) groups is 2. The molecule has 0 spiro atoms. The normalized spacial score (nSPS) is 18.3. The third-order valence-corrected chi connectivity index (χ3v) is 4.87. The number of amides is 1. The van der Waals surface area contributed by atoms with E-state index in [0.717, 1.165) is 0 Å². The Balaban J connectivity index is 1.70. The van der Waals surface area contributed by atoms with Gasteiger partial charge in [-0.25, -0.2) is 4.98 Å². The molecule has 0 bridgehead atoms. The van der Waals surface area contributed by atoms with Gasteiger partial charge in [-0.3, -0.25) is 19.6 Å². The Labute approximate surface area is 167 Å². The van der Waals surface area contributed by atoms with E-state index in [9.17, 15) is 14.7 Å². The summed E-state index contributed by atoms with van der Waals surface area (Å²) in [5.74, 6) is -1.53. The minimum absolute atomic E-state index is 0.0665. The van der Waals surface area contributed by atoms with Crippen LogP contribution < -0.4 is 0 Å². The average molecular weight is 389 g/mol. The highest BCUT2D eigenvalue weighted by molar-refractivity contribution is 6.46. The predicted molar refractivity (Wildman–Crippen MR) is 104 cm³/mol. The number of rotatable bonds is 6. The Hall–Kier alpha value is -3.81. The van der Waals surface area contributed by atoms with Gasteiger partial charge in [0.15, 0.2) is 0 Å². The second kappa shape index (κ2) is 8.05. The van der Waals surface area contributed by atoms with Crippen molar-refractivity contribution in [3.05, 3.63) is 84.5 Å². The van der Waals surface area contributed by atoms with E-state index in [1.807, 2.05) is 10.8 Å². The number of likely N-dealkylation sites (tertiary alicyclic amines) is 1. The Morgan fingerprint density at radius 2 is 1.83 bits per heavy atom. The molecule has 0 radical (unpaired) electrons. The molecule has 29 heavy (non-hydrogen) atoms. The van der Waals surface area contributed by atoms with Crippen molar-refractivity contribution in [2.45, 2.75) is 19.0 Å². The number of Topliss-reactive ketones (excluding diaryl/α,β-unsaturated/α-hetero) is 1. The molecule has 1 N–H and O–H groups in total. The van der Waals surface area contributed by atoms with Crippen LogP contribution in [0.1, 0.15) is 23.6 Å². The van der Waals surface area contributed by atoms with E-state index in [4.69, 9.17) is 0 Å².